The zero-order valence-corrected chi connectivity index (χ0v) is 12.6. The molecule has 1 aliphatic heterocycles. The maximum Gasteiger partial charge on any atom is 0.251 e. The third-order valence-electron chi connectivity index (χ3n) is 3.03. The number of amides is 1. The van der Waals surface area contributed by atoms with Crippen molar-refractivity contribution in [3.8, 4) is 11.8 Å². The van der Waals surface area contributed by atoms with Crippen LogP contribution < -0.4 is 5.32 Å². The molecule has 0 saturated carbocycles. The van der Waals surface area contributed by atoms with E-state index in [2.05, 4.69) is 17.2 Å². The maximum atomic E-state index is 12.1. The van der Waals surface area contributed by atoms with Crippen molar-refractivity contribution >= 4 is 29.3 Å². The fourth-order valence-corrected chi connectivity index (χ4v) is 3.32. The smallest absolute Gasteiger partial charge is 0.251 e. The van der Waals surface area contributed by atoms with Crippen LogP contribution in [0.2, 0.25) is 5.02 Å². The molecule has 0 spiro atoms. The molecule has 1 unspecified atom stereocenters. The minimum Gasteiger partial charge on any atom is -0.384 e. The molecule has 2 rings (SSSR count). The Balaban J connectivity index is 2.04. The number of thioether (sulfide) groups is 1. The number of carbonyl (C=O) groups is 1. The highest BCUT2D eigenvalue weighted by atomic mass is 35.5. The summed E-state index contributed by atoms with van der Waals surface area (Å²) in [6.45, 7) is -0.210. The van der Waals surface area contributed by atoms with E-state index in [9.17, 15) is 4.79 Å². The molecule has 20 heavy (non-hydrogen) atoms. The highest BCUT2D eigenvalue weighted by Crippen LogP contribution is 2.19. The highest BCUT2D eigenvalue weighted by molar-refractivity contribution is 7.99. The van der Waals surface area contributed by atoms with Crippen molar-refractivity contribution in [2.24, 2.45) is 0 Å². The monoisotopic (exact) mass is 309 g/mol. The van der Waals surface area contributed by atoms with E-state index >= 15 is 0 Å². The summed E-state index contributed by atoms with van der Waals surface area (Å²) < 4.78 is 0. The second-order valence-corrected chi connectivity index (χ2v) is 6.10. The number of halogens is 1. The molecule has 1 saturated heterocycles. The van der Waals surface area contributed by atoms with Crippen LogP contribution in [0.4, 0.5) is 0 Å². The minimum absolute atomic E-state index is 0.0962. The lowest BCUT2D eigenvalue weighted by molar-refractivity contribution is 0.0938. The molecule has 5 heteroatoms. The molecule has 106 valence electrons. The van der Waals surface area contributed by atoms with Gasteiger partial charge < -0.3 is 10.4 Å². The molecule has 1 aliphatic rings. The number of hydrogen-bond donors (Lipinski definition) is 2. The van der Waals surface area contributed by atoms with Gasteiger partial charge in [0.2, 0.25) is 0 Å². The van der Waals surface area contributed by atoms with Crippen molar-refractivity contribution in [3.63, 3.8) is 0 Å². The van der Waals surface area contributed by atoms with Crippen molar-refractivity contribution in [2.75, 3.05) is 18.1 Å². The van der Waals surface area contributed by atoms with Crippen LogP contribution in [0.15, 0.2) is 18.2 Å². The number of nitrogens with one attached hydrogen (secondary N) is 1. The van der Waals surface area contributed by atoms with Crippen molar-refractivity contribution in [2.45, 2.75) is 18.9 Å². The first-order chi connectivity index (χ1) is 9.70. The van der Waals surface area contributed by atoms with Crippen LogP contribution in [0, 0.1) is 11.8 Å². The van der Waals surface area contributed by atoms with E-state index in [4.69, 9.17) is 16.7 Å². The van der Waals surface area contributed by atoms with Gasteiger partial charge in [-0.25, -0.2) is 0 Å². The fourth-order valence-electron chi connectivity index (χ4n) is 2.02. The van der Waals surface area contributed by atoms with E-state index in [1.807, 2.05) is 11.8 Å². The Labute approximate surface area is 128 Å². The van der Waals surface area contributed by atoms with Crippen molar-refractivity contribution in [1.82, 2.24) is 5.32 Å². The average Bonchev–Trinajstić information content (AvgIpc) is 2.47. The highest BCUT2D eigenvalue weighted by Gasteiger charge is 2.17. The topological polar surface area (TPSA) is 49.3 Å². The Morgan fingerprint density at radius 3 is 3.05 bits per heavy atom. The summed E-state index contributed by atoms with van der Waals surface area (Å²) in [6, 6.07) is 5.27. The average molecular weight is 310 g/mol. The first-order valence-electron chi connectivity index (χ1n) is 6.48. The van der Waals surface area contributed by atoms with Crippen LogP contribution >= 0.6 is 23.4 Å². The van der Waals surface area contributed by atoms with Gasteiger partial charge in [0.15, 0.2) is 0 Å². The van der Waals surface area contributed by atoms with Gasteiger partial charge in [0.25, 0.3) is 5.91 Å². The number of rotatable bonds is 2. The van der Waals surface area contributed by atoms with Crippen LogP contribution in [0.3, 0.4) is 0 Å². The molecule has 1 amide bonds. The van der Waals surface area contributed by atoms with Crippen LogP contribution in [-0.4, -0.2) is 35.2 Å². The predicted molar refractivity (Wildman–Crippen MR) is 83.2 cm³/mol. The largest absolute Gasteiger partial charge is 0.384 e. The normalized spacial score (nSPS) is 18.0. The molecule has 0 bridgehead atoms. The van der Waals surface area contributed by atoms with E-state index in [0.29, 0.717) is 16.1 Å². The molecule has 0 aromatic heterocycles. The molecule has 0 radical (unpaired) electrons. The van der Waals surface area contributed by atoms with E-state index in [-0.39, 0.29) is 18.6 Å². The minimum atomic E-state index is -0.210. The van der Waals surface area contributed by atoms with E-state index in [0.717, 1.165) is 18.6 Å². The van der Waals surface area contributed by atoms with Gasteiger partial charge in [-0.05, 0) is 36.8 Å². The van der Waals surface area contributed by atoms with Gasteiger partial charge in [0.05, 0.1) is 5.02 Å². The molecular weight excluding hydrogens is 294 g/mol. The number of benzene rings is 1. The quantitative estimate of drug-likeness (QED) is 0.824. The molecule has 1 heterocycles. The lowest BCUT2D eigenvalue weighted by atomic mass is 10.1. The molecule has 0 aliphatic carbocycles. The van der Waals surface area contributed by atoms with Gasteiger partial charge in [-0.1, -0.05) is 23.4 Å². The Morgan fingerprint density at radius 2 is 2.40 bits per heavy atom. The van der Waals surface area contributed by atoms with Gasteiger partial charge in [-0.15, -0.1) is 0 Å². The van der Waals surface area contributed by atoms with E-state index in [1.54, 1.807) is 18.2 Å². The summed E-state index contributed by atoms with van der Waals surface area (Å²) in [5.41, 5.74) is 1.16. The zero-order valence-electron chi connectivity index (χ0n) is 11.0. The fraction of sp³-hybridized carbons (Fsp3) is 0.400. The van der Waals surface area contributed by atoms with Gasteiger partial charge >= 0.3 is 0 Å². The summed E-state index contributed by atoms with van der Waals surface area (Å²) in [6.07, 6.45) is 2.18. The summed E-state index contributed by atoms with van der Waals surface area (Å²) in [4.78, 5) is 12.1. The molecule has 1 atom stereocenters. The van der Waals surface area contributed by atoms with Gasteiger partial charge in [-0.2, -0.15) is 11.8 Å². The Bertz CT molecular complexity index is 545. The molecular formula is C15H16ClNO2S. The SMILES string of the molecule is O=C(NC1CCCSC1)c1ccc(C#CCO)c(Cl)c1. The zero-order chi connectivity index (χ0) is 14.4. The van der Waals surface area contributed by atoms with Crippen LogP contribution in [-0.2, 0) is 0 Å². The lowest BCUT2D eigenvalue weighted by Gasteiger charge is -2.22. The summed E-state index contributed by atoms with van der Waals surface area (Å²) in [5.74, 6) is 7.33. The van der Waals surface area contributed by atoms with Crippen LogP contribution in [0.1, 0.15) is 28.8 Å². The first kappa shape index (κ1) is 15.2. The van der Waals surface area contributed by atoms with Crippen LogP contribution in [0.25, 0.3) is 0 Å². The Hall–Kier alpha value is -1.15. The van der Waals surface area contributed by atoms with Crippen LogP contribution in [0.5, 0.6) is 0 Å². The lowest BCUT2D eigenvalue weighted by Crippen LogP contribution is -2.38. The number of aliphatic hydroxyl groups is 1. The number of aliphatic hydroxyl groups excluding tert-OH is 1. The van der Waals surface area contributed by atoms with Crippen molar-refractivity contribution < 1.29 is 9.90 Å². The first-order valence-corrected chi connectivity index (χ1v) is 8.02. The van der Waals surface area contributed by atoms with E-state index in [1.165, 1.54) is 5.75 Å². The number of carbonyl (C=O) groups excluding carboxylic acids is 1. The van der Waals surface area contributed by atoms with Crippen molar-refractivity contribution in [1.29, 1.82) is 0 Å². The summed E-state index contributed by atoms with van der Waals surface area (Å²) >= 11 is 7.96. The molecule has 2 N–H and O–H groups in total. The van der Waals surface area contributed by atoms with Crippen molar-refractivity contribution in [3.05, 3.63) is 34.3 Å². The molecule has 3 nitrogen and oxygen atoms in total. The Morgan fingerprint density at radius 1 is 1.55 bits per heavy atom. The Kier molecular flexibility index (Phi) is 5.78. The van der Waals surface area contributed by atoms with Gasteiger partial charge in [0, 0.05) is 22.9 Å². The maximum absolute atomic E-state index is 12.1. The molecule has 1 fully saturated rings. The van der Waals surface area contributed by atoms with Gasteiger partial charge in [-0.3, -0.25) is 4.79 Å². The van der Waals surface area contributed by atoms with E-state index < -0.39 is 0 Å². The summed E-state index contributed by atoms with van der Waals surface area (Å²) in [5, 5.41) is 12.1. The second kappa shape index (κ2) is 7.58. The van der Waals surface area contributed by atoms with Gasteiger partial charge in [0.1, 0.15) is 6.61 Å². The molecule has 1 aromatic rings. The third kappa shape index (κ3) is 4.17. The molecule has 1 aromatic carbocycles. The predicted octanol–water partition coefficient (Wildman–Crippen LogP) is 2.31. The number of hydrogen-bond acceptors (Lipinski definition) is 3. The standard InChI is InChI=1S/C15H16ClNO2S/c16-14-9-12(6-5-11(14)3-1-7-18)15(19)17-13-4-2-8-20-10-13/h5-6,9,13,18H,2,4,7-8,10H2,(H,17,19). The second-order valence-electron chi connectivity index (χ2n) is 4.54. The summed E-state index contributed by atoms with van der Waals surface area (Å²) in [7, 11) is 0. The third-order valence-corrected chi connectivity index (χ3v) is 4.56.